The predicted molar refractivity (Wildman–Crippen MR) is 88.5 cm³/mol. The number of rotatable bonds is 4. The molecule has 2 rings (SSSR count). The molecule has 0 bridgehead atoms. The Morgan fingerprint density at radius 2 is 1.57 bits per heavy atom. The molecule has 7 heteroatoms. The zero-order valence-corrected chi connectivity index (χ0v) is 14.2. The topological polar surface area (TPSA) is 34.1 Å². The maximum Gasteiger partial charge on any atom is 0.175 e. The minimum absolute atomic E-state index is 0.210. The molecular weight excluding hydrogens is 374 g/mol. The van der Waals surface area contributed by atoms with Crippen molar-refractivity contribution in [3.8, 4) is 0 Å². The lowest BCUT2D eigenvalue weighted by molar-refractivity contribution is 0.102. The van der Waals surface area contributed by atoms with Gasteiger partial charge in [-0.25, -0.2) is 0 Å². The van der Waals surface area contributed by atoms with E-state index in [-0.39, 0.29) is 16.6 Å². The lowest BCUT2D eigenvalue weighted by Gasteiger charge is -2.06. The summed E-state index contributed by atoms with van der Waals surface area (Å²) < 4.78 is 12.2. The van der Waals surface area contributed by atoms with Crippen molar-refractivity contribution in [3.05, 3.63) is 62.1 Å². The second-order valence-electron chi connectivity index (χ2n) is 4.12. The molecule has 0 aliphatic heterocycles. The fourth-order valence-corrected chi connectivity index (χ4v) is 3.62. The third-order valence-corrected chi connectivity index (χ3v) is 5.41. The van der Waals surface area contributed by atoms with Crippen molar-refractivity contribution >= 4 is 63.0 Å². The van der Waals surface area contributed by atoms with Gasteiger partial charge in [0.2, 0.25) is 0 Å². The first-order chi connectivity index (χ1) is 9.88. The standard InChI is InChI=1S/C14H8Cl4O2S/c15-9-2-4-11(17)14(6-9)21(20)7-13(19)8-1-3-10(16)12(18)5-8/h1-6H,7H2. The molecule has 1 atom stereocenters. The average molecular weight is 382 g/mol. The average Bonchev–Trinajstić information content (AvgIpc) is 2.44. The molecule has 2 aromatic carbocycles. The van der Waals surface area contributed by atoms with Gasteiger partial charge in [0.15, 0.2) is 5.78 Å². The van der Waals surface area contributed by atoms with Crippen LogP contribution in [0.1, 0.15) is 10.4 Å². The van der Waals surface area contributed by atoms with Gasteiger partial charge in [-0.05, 0) is 36.4 Å². The van der Waals surface area contributed by atoms with Gasteiger partial charge < -0.3 is 0 Å². The monoisotopic (exact) mass is 380 g/mol. The molecule has 0 heterocycles. The van der Waals surface area contributed by atoms with Crippen molar-refractivity contribution in [3.63, 3.8) is 0 Å². The van der Waals surface area contributed by atoms with Crippen molar-refractivity contribution < 1.29 is 9.00 Å². The summed E-state index contributed by atoms with van der Waals surface area (Å²) in [5.41, 5.74) is 0.343. The number of Topliss-reactive ketones (excluding diaryl/α,β-unsaturated/α-hetero) is 1. The van der Waals surface area contributed by atoms with Crippen LogP contribution in [0.5, 0.6) is 0 Å². The summed E-state index contributed by atoms with van der Waals surface area (Å²) in [7, 11) is -1.59. The van der Waals surface area contributed by atoms with Crippen molar-refractivity contribution in [1.82, 2.24) is 0 Å². The van der Waals surface area contributed by atoms with E-state index in [1.807, 2.05) is 0 Å². The molecule has 0 fully saturated rings. The van der Waals surface area contributed by atoms with Crippen LogP contribution in [0.15, 0.2) is 41.3 Å². The molecule has 0 amide bonds. The van der Waals surface area contributed by atoms with Crippen LogP contribution < -0.4 is 0 Å². The quantitative estimate of drug-likeness (QED) is 0.674. The largest absolute Gasteiger partial charge is 0.293 e. The van der Waals surface area contributed by atoms with E-state index in [9.17, 15) is 9.00 Å². The molecule has 0 aromatic heterocycles. The van der Waals surface area contributed by atoms with Gasteiger partial charge in [-0.3, -0.25) is 9.00 Å². The Bertz CT molecular complexity index is 731. The summed E-state index contributed by atoms with van der Waals surface area (Å²) in [6.45, 7) is 0. The van der Waals surface area contributed by atoms with Gasteiger partial charge in [-0.15, -0.1) is 0 Å². The Balaban J connectivity index is 2.20. The Kier molecular flexibility index (Phi) is 5.69. The van der Waals surface area contributed by atoms with Crippen LogP contribution in [0.25, 0.3) is 0 Å². The lowest BCUT2D eigenvalue weighted by Crippen LogP contribution is -2.11. The summed E-state index contributed by atoms with van der Waals surface area (Å²) in [5.74, 6) is -0.527. The molecular formula is C14H8Cl4O2S. The molecule has 0 saturated carbocycles. The number of benzene rings is 2. The van der Waals surface area contributed by atoms with E-state index < -0.39 is 10.8 Å². The van der Waals surface area contributed by atoms with Crippen molar-refractivity contribution in [2.45, 2.75) is 4.90 Å². The van der Waals surface area contributed by atoms with E-state index >= 15 is 0 Å². The molecule has 21 heavy (non-hydrogen) atoms. The highest BCUT2D eigenvalue weighted by molar-refractivity contribution is 7.86. The molecule has 0 aliphatic carbocycles. The maximum atomic E-state index is 12.2. The third-order valence-electron chi connectivity index (χ3n) is 2.64. The van der Waals surface area contributed by atoms with Crippen molar-refractivity contribution in [1.29, 1.82) is 0 Å². The van der Waals surface area contributed by atoms with Crippen LogP contribution >= 0.6 is 46.4 Å². The number of carbonyl (C=O) groups excluding carboxylic acids is 1. The number of hydrogen-bond acceptors (Lipinski definition) is 2. The van der Waals surface area contributed by atoms with Gasteiger partial charge in [0.05, 0.1) is 36.5 Å². The van der Waals surface area contributed by atoms with E-state index in [1.165, 1.54) is 24.3 Å². The lowest BCUT2D eigenvalue weighted by atomic mass is 10.1. The SMILES string of the molecule is O=C(CS(=O)c1cc(Cl)ccc1Cl)c1ccc(Cl)c(Cl)c1. The molecule has 0 spiro atoms. The van der Waals surface area contributed by atoms with Gasteiger partial charge >= 0.3 is 0 Å². The van der Waals surface area contributed by atoms with Gasteiger partial charge in [-0.2, -0.15) is 0 Å². The molecule has 0 N–H and O–H groups in total. The first-order valence-electron chi connectivity index (χ1n) is 5.70. The number of carbonyl (C=O) groups is 1. The van der Waals surface area contributed by atoms with E-state index in [0.717, 1.165) is 0 Å². The van der Waals surface area contributed by atoms with Crippen LogP contribution in [0, 0.1) is 0 Å². The van der Waals surface area contributed by atoms with Crippen molar-refractivity contribution in [2.24, 2.45) is 0 Å². The van der Waals surface area contributed by atoms with Crippen LogP contribution in [-0.2, 0) is 10.8 Å². The molecule has 110 valence electrons. The minimum atomic E-state index is -1.59. The second kappa shape index (κ2) is 7.12. The first kappa shape index (κ1) is 16.8. The van der Waals surface area contributed by atoms with Crippen LogP contribution in [0.4, 0.5) is 0 Å². The van der Waals surface area contributed by atoms with E-state index in [2.05, 4.69) is 0 Å². The summed E-state index contributed by atoms with van der Waals surface area (Å²) in [6, 6.07) is 9.12. The highest BCUT2D eigenvalue weighted by atomic mass is 35.5. The van der Waals surface area contributed by atoms with Crippen molar-refractivity contribution in [2.75, 3.05) is 5.75 Å². The second-order valence-corrected chi connectivity index (χ2v) is 7.19. The van der Waals surface area contributed by atoms with Crippen LogP contribution in [-0.4, -0.2) is 15.7 Å². The first-order valence-corrected chi connectivity index (χ1v) is 8.53. The summed E-state index contributed by atoms with van der Waals surface area (Å²) >= 11 is 23.5. The highest BCUT2D eigenvalue weighted by Crippen LogP contribution is 2.26. The Morgan fingerprint density at radius 1 is 0.905 bits per heavy atom. The molecule has 1 unspecified atom stereocenters. The predicted octanol–water partition coefficient (Wildman–Crippen LogP) is 5.29. The zero-order valence-electron chi connectivity index (χ0n) is 10.4. The fourth-order valence-electron chi connectivity index (χ4n) is 1.60. The number of ketones is 1. The normalized spacial score (nSPS) is 12.2. The molecule has 0 saturated heterocycles. The number of hydrogen-bond donors (Lipinski definition) is 0. The molecule has 0 aliphatic rings. The van der Waals surface area contributed by atoms with E-state index in [1.54, 1.807) is 12.1 Å². The van der Waals surface area contributed by atoms with Gasteiger partial charge in [0.1, 0.15) is 0 Å². The molecule has 2 nitrogen and oxygen atoms in total. The van der Waals surface area contributed by atoms with Gasteiger partial charge in [0.25, 0.3) is 0 Å². The Hall–Kier alpha value is -0.580. The Morgan fingerprint density at radius 3 is 2.24 bits per heavy atom. The van der Waals surface area contributed by atoms with Crippen LogP contribution in [0.3, 0.4) is 0 Å². The van der Waals surface area contributed by atoms with Gasteiger partial charge in [-0.1, -0.05) is 46.4 Å². The summed E-state index contributed by atoms with van der Waals surface area (Å²) in [6.07, 6.45) is 0. The molecule has 0 radical (unpaired) electrons. The van der Waals surface area contributed by atoms with E-state index in [0.29, 0.717) is 25.5 Å². The van der Waals surface area contributed by atoms with Gasteiger partial charge in [0, 0.05) is 10.6 Å². The molecule has 2 aromatic rings. The third kappa shape index (κ3) is 4.21. The summed E-state index contributed by atoms with van der Waals surface area (Å²) in [4.78, 5) is 12.4. The smallest absolute Gasteiger partial charge is 0.175 e. The van der Waals surface area contributed by atoms with E-state index in [4.69, 9.17) is 46.4 Å². The minimum Gasteiger partial charge on any atom is -0.293 e. The van der Waals surface area contributed by atoms with Crippen LogP contribution in [0.2, 0.25) is 20.1 Å². The Labute approximate surface area is 144 Å². The highest BCUT2D eigenvalue weighted by Gasteiger charge is 2.16. The zero-order chi connectivity index (χ0) is 15.6. The number of halogens is 4. The fraction of sp³-hybridized carbons (Fsp3) is 0.0714. The maximum absolute atomic E-state index is 12.2. The summed E-state index contributed by atoms with van der Waals surface area (Å²) in [5, 5.41) is 1.34.